The van der Waals surface area contributed by atoms with E-state index in [1.165, 1.54) is 12.3 Å². The number of aromatic nitrogens is 1. The number of fused-ring (bicyclic) bond motifs is 1. The summed E-state index contributed by atoms with van der Waals surface area (Å²) in [5.41, 5.74) is 1.13. The number of anilines is 1. The average molecular weight is 259 g/mol. The molecule has 0 spiro atoms. The lowest BCUT2D eigenvalue weighted by Crippen LogP contribution is -2.19. The number of non-ortho nitro benzene ring substituents is 1. The molecule has 19 heavy (non-hydrogen) atoms. The number of pyridine rings is 1. The van der Waals surface area contributed by atoms with Gasteiger partial charge in [0.15, 0.2) is 0 Å². The number of hydrogen-bond acceptors (Lipinski definition) is 4. The Bertz CT molecular complexity index is 618. The van der Waals surface area contributed by atoms with Crippen LogP contribution in [0, 0.1) is 15.5 Å². The van der Waals surface area contributed by atoms with Crippen LogP contribution in [0.4, 0.5) is 11.4 Å². The quantitative estimate of drug-likeness (QED) is 0.675. The Balaban J connectivity index is 2.47. The van der Waals surface area contributed by atoms with E-state index < -0.39 is 0 Å². The van der Waals surface area contributed by atoms with Crippen LogP contribution < -0.4 is 5.32 Å². The summed E-state index contributed by atoms with van der Waals surface area (Å²) in [5, 5.41) is 15.7. The first kappa shape index (κ1) is 13.3. The number of nitro groups is 1. The molecule has 2 rings (SSSR count). The lowest BCUT2D eigenvalue weighted by molar-refractivity contribution is -0.383. The molecule has 0 aliphatic rings. The Labute approximate surface area is 111 Å². The van der Waals surface area contributed by atoms with Gasteiger partial charge in [-0.2, -0.15) is 0 Å². The molecule has 0 unspecified atom stereocenters. The maximum absolute atomic E-state index is 11.0. The van der Waals surface area contributed by atoms with E-state index in [1.807, 2.05) is 0 Å². The van der Waals surface area contributed by atoms with E-state index in [9.17, 15) is 10.1 Å². The van der Waals surface area contributed by atoms with E-state index in [0.717, 1.165) is 17.6 Å². The summed E-state index contributed by atoms with van der Waals surface area (Å²) in [4.78, 5) is 14.6. The first-order valence-electron chi connectivity index (χ1n) is 6.13. The monoisotopic (exact) mass is 259 g/mol. The van der Waals surface area contributed by atoms with Crippen molar-refractivity contribution in [2.45, 2.75) is 20.8 Å². The van der Waals surface area contributed by atoms with Crippen molar-refractivity contribution in [3.8, 4) is 0 Å². The Kier molecular flexibility index (Phi) is 3.38. The summed E-state index contributed by atoms with van der Waals surface area (Å²) in [6.07, 6.45) is 3.18. The normalized spacial score (nSPS) is 11.5. The lowest BCUT2D eigenvalue weighted by Gasteiger charge is -2.20. The van der Waals surface area contributed by atoms with Crippen LogP contribution in [0.25, 0.3) is 10.8 Å². The molecule has 0 amide bonds. The van der Waals surface area contributed by atoms with Gasteiger partial charge in [0.05, 0.1) is 10.3 Å². The summed E-state index contributed by atoms with van der Waals surface area (Å²) < 4.78 is 0. The predicted molar refractivity (Wildman–Crippen MR) is 76.3 cm³/mol. The molecular weight excluding hydrogens is 242 g/mol. The molecule has 1 N–H and O–H groups in total. The summed E-state index contributed by atoms with van der Waals surface area (Å²) >= 11 is 0. The third-order valence-corrected chi connectivity index (χ3v) is 2.80. The van der Waals surface area contributed by atoms with Gasteiger partial charge >= 0.3 is 0 Å². The van der Waals surface area contributed by atoms with Gasteiger partial charge < -0.3 is 5.32 Å². The van der Waals surface area contributed by atoms with Crippen LogP contribution in [0.3, 0.4) is 0 Å². The Hall–Kier alpha value is -2.17. The fourth-order valence-electron chi connectivity index (χ4n) is 1.85. The van der Waals surface area contributed by atoms with Crippen molar-refractivity contribution in [3.63, 3.8) is 0 Å². The van der Waals surface area contributed by atoms with Gasteiger partial charge in [0.1, 0.15) is 0 Å². The maximum Gasteiger partial charge on any atom is 0.278 e. The van der Waals surface area contributed by atoms with Crippen LogP contribution in [0.1, 0.15) is 20.8 Å². The van der Waals surface area contributed by atoms with Crippen LogP contribution in [-0.2, 0) is 0 Å². The molecule has 0 saturated heterocycles. The maximum atomic E-state index is 11.0. The van der Waals surface area contributed by atoms with Gasteiger partial charge in [0, 0.05) is 36.1 Å². The zero-order valence-corrected chi connectivity index (χ0v) is 11.3. The zero-order valence-electron chi connectivity index (χ0n) is 11.3. The molecule has 5 heteroatoms. The van der Waals surface area contributed by atoms with Gasteiger partial charge in [0.2, 0.25) is 0 Å². The minimum absolute atomic E-state index is 0.0874. The fraction of sp³-hybridized carbons (Fsp3) is 0.357. The van der Waals surface area contributed by atoms with Crippen molar-refractivity contribution in [2.24, 2.45) is 5.41 Å². The average Bonchev–Trinajstić information content (AvgIpc) is 2.34. The molecule has 0 bridgehead atoms. The van der Waals surface area contributed by atoms with E-state index in [0.29, 0.717) is 5.39 Å². The predicted octanol–water partition coefficient (Wildman–Crippen LogP) is 3.60. The first-order chi connectivity index (χ1) is 8.88. The smallest absolute Gasteiger partial charge is 0.278 e. The third-order valence-electron chi connectivity index (χ3n) is 2.80. The summed E-state index contributed by atoms with van der Waals surface area (Å²) in [6, 6.07) is 5.08. The molecule has 0 atom stereocenters. The number of nitrogens with one attached hydrogen (secondary N) is 1. The van der Waals surface area contributed by atoms with Crippen LogP contribution in [-0.4, -0.2) is 16.5 Å². The minimum Gasteiger partial charge on any atom is -0.384 e. The molecule has 0 saturated carbocycles. The molecule has 1 heterocycles. The van der Waals surface area contributed by atoms with Crippen molar-refractivity contribution < 1.29 is 4.92 Å². The number of nitrogens with zero attached hydrogens (tertiary/aromatic N) is 2. The van der Waals surface area contributed by atoms with Gasteiger partial charge in [-0.05, 0) is 17.5 Å². The van der Waals surface area contributed by atoms with Crippen LogP contribution in [0.5, 0.6) is 0 Å². The van der Waals surface area contributed by atoms with Crippen molar-refractivity contribution in [1.82, 2.24) is 4.98 Å². The van der Waals surface area contributed by atoms with E-state index in [2.05, 4.69) is 31.1 Å². The second-order valence-corrected chi connectivity index (χ2v) is 5.72. The molecule has 1 aromatic carbocycles. The van der Waals surface area contributed by atoms with Crippen LogP contribution in [0.2, 0.25) is 0 Å². The highest BCUT2D eigenvalue weighted by Gasteiger charge is 2.15. The second-order valence-electron chi connectivity index (χ2n) is 5.72. The molecule has 100 valence electrons. The third kappa shape index (κ3) is 2.99. The summed E-state index contributed by atoms with van der Waals surface area (Å²) in [6.45, 7) is 7.20. The lowest BCUT2D eigenvalue weighted by atomic mass is 9.96. The van der Waals surface area contributed by atoms with Crippen molar-refractivity contribution in [3.05, 3.63) is 40.7 Å². The molecule has 1 aromatic heterocycles. The Morgan fingerprint density at radius 2 is 2.00 bits per heavy atom. The van der Waals surface area contributed by atoms with Crippen LogP contribution >= 0.6 is 0 Å². The van der Waals surface area contributed by atoms with Crippen molar-refractivity contribution >= 4 is 22.1 Å². The first-order valence-corrected chi connectivity index (χ1v) is 6.13. The van der Waals surface area contributed by atoms with Gasteiger partial charge in [0.25, 0.3) is 5.69 Å². The van der Waals surface area contributed by atoms with E-state index >= 15 is 0 Å². The summed E-state index contributed by atoms with van der Waals surface area (Å²) in [7, 11) is 0. The number of rotatable bonds is 3. The van der Waals surface area contributed by atoms with Gasteiger partial charge in [-0.1, -0.05) is 20.8 Å². The number of nitro benzene ring substituents is 1. The highest BCUT2D eigenvalue weighted by atomic mass is 16.6. The molecular formula is C14H17N3O2. The second kappa shape index (κ2) is 4.84. The topological polar surface area (TPSA) is 68.1 Å². The van der Waals surface area contributed by atoms with Gasteiger partial charge in [-0.3, -0.25) is 15.1 Å². The highest BCUT2D eigenvalue weighted by Crippen LogP contribution is 2.31. The molecule has 2 aromatic rings. The fourth-order valence-corrected chi connectivity index (χ4v) is 1.85. The Morgan fingerprint density at radius 3 is 2.63 bits per heavy atom. The molecule has 5 nitrogen and oxygen atoms in total. The molecule has 0 fully saturated rings. The standard InChI is InChI=1S/C14H17N3O2/c1-14(2,3)9-16-12-4-5-13(17(18)19)11-8-15-7-6-10(11)12/h4-8,16H,9H2,1-3H3. The van der Waals surface area contributed by atoms with E-state index in [4.69, 9.17) is 0 Å². The van der Waals surface area contributed by atoms with E-state index in [-0.39, 0.29) is 16.0 Å². The highest BCUT2D eigenvalue weighted by molar-refractivity contribution is 5.99. The summed E-state index contributed by atoms with van der Waals surface area (Å²) in [5.74, 6) is 0. The van der Waals surface area contributed by atoms with E-state index in [1.54, 1.807) is 18.3 Å². The largest absolute Gasteiger partial charge is 0.384 e. The molecule has 0 radical (unpaired) electrons. The SMILES string of the molecule is CC(C)(C)CNc1ccc([N+](=O)[O-])c2cnccc12. The van der Waals surface area contributed by atoms with Crippen molar-refractivity contribution in [1.29, 1.82) is 0 Å². The number of benzene rings is 1. The van der Waals surface area contributed by atoms with Gasteiger partial charge in [-0.15, -0.1) is 0 Å². The number of hydrogen-bond donors (Lipinski definition) is 1. The molecule has 0 aliphatic carbocycles. The van der Waals surface area contributed by atoms with Crippen LogP contribution in [0.15, 0.2) is 30.6 Å². The zero-order chi connectivity index (χ0) is 14.0. The molecule has 0 aliphatic heterocycles. The van der Waals surface area contributed by atoms with Crippen molar-refractivity contribution in [2.75, 3.05) is 11.9 Å². The van der Waals surface area contributed by atoms with Gasteiger partial charge in [-0.25, -0.2) is 0 Å². The Morgan fingerprint density at radius 1 is 1.26 bits per heavy atom. The minimum atomic E-state index is -0.377.